The molecule has 2 heterocycles. The molecule has 0 radical (unpaired) electrons. The van der Waals surface area contributed by atoms with Gasteiger partial charge in [0.2, 0.25) is 0 Å². The number of carbonyl (C=O) groups excluding carboxylic acids is 1. The molecule has 0 unspecified atom stereocenters. The highest BCUT2D eigenvalue weighted by Gasteiger charge is 2.34. The highest BCUT2D eigenvalue weighted by Crippen LogP contribution is 2.21. The average Bonchev–Trinajstić information content (AvgIpc) is 2.96. The summed E-state index contributed by atoms with van der Waals surface area (Å²) in [6.07, 6.45) is 9.69. The topological polar surface area (TPSA) is 60.5 Å². The van der Waals surface area contributed by atoms with Gasteiger partial charge >= 0.3 is 6.03 Å². The molecule has 2 aliphatic rings. The van der Waals surface area contributed by atoms with Crippen LogP contribution in [0, 0.1) is 5.92 Å². The molecule has 6 nitrogen and oxygen atoms in total. The van der Waals surface area contributed by atoms with Crippen molar-refractivity contribution in [3.05, 3.63) is 30.1 Å². The molecule has 2 fully saturated rings. The molecule has 3 rings (SSSR count). The predicted octanol–water partition coefficient (Wildman–Crippen LogP) is 2.08. The summed E-state index contributed by atoms with van der Waals surface area (Å²) in [5, 5.41) is 6.46. The van der Waals surface area contributed by atoms with Gasteiger partial charge in [0.25, 0.3) is 0 Å². The highest BCUT2D eigenvalue weighted by atomic mass is 16.2. The summed E-state index contributed by atoms with van der Waals surface area (Å²) in [7, 11) is 4.20. The lowest BCUT2D eigenvalue weighted by molar-refractivity contribution is 0.223. The van der Waals surface area contributed by atoms with E-state index in [4.69, 9.17) is 0 Å². The fraction of sp³-hybridized carbons (Fsp3) is 0.700. The third-order valence-electron chi connectivity index (χ3n) is 5.53. The second-order valence-corrected chi connectivity index (χ2v) is 8.13. The molecule has 1 saturated heterocycles. The van der Waals surface area contributed by atoms with Crippen LogP contribution in [0.2, 0.25) is 0 Å². The maximum Gasteiger partial charge on any atom is 0.315 e. The number of amides is 2. The first kappa shape index (κ1) is 19.1. The van der Waals surface area contributed by atoms with Gasteiger partial charge in [-0.05, 0) is 44.6 Å². The summed E-state index contributed by atoms with van der Waals surface area (Å²) in [5.74, 6) is 0.448. The third kappa shape index (κ3) is 5.68. The van der Waals surface area contributed by atoms with Crippen molar-refractivity contribution in [3.8, 4) is 0 Å². The standard InChI is InChI=1S/C20H33N5O/c1-24(2)13-17-14-25(12-16-8-10-21-11-9-16)15-19(17)23-20(26)22-18-6-4-3-5-7-18/h8-11,17-19H,3-7,12-15H2,1-2H3,(H2,22,23,26)/t17-,19-/m1/s1. The van der Waals surface area contributed by atoms with E-state index in [0.717, 1.165) is 39.0 Å². The minimum atomic E-state index is 0.0106. The van der Waals surface area contributed by atoms with E-state index in [1.807, 2.05) is 12.4 Å². The normalized spacial score (nSPS) is 24.7. The first-order valence-corrected chi connectivity index (χ1v) is 9.93. The first-order chi connectivity index (χ1) is 12.6. The summed E-state index contributed by atoms with van der Waals surface area (Å²) in [4.78, 5) is 21.3. The largest absolute Gasteiger partial charge is 0.335 e. The van der Waals surface area contributed by atoms with Gasteiger partial charge in [0, 0.05) is 56.6 Å². The lowest BCUT2D eigenvalue weighted by Crippen LogP contribution is -2.50. The van der Waals surface area contributed by atoms with E-state index < -0.39 is 0 Å². The van der Waals surface area contributed by atoms with Crippen molar-refractivity contribution in [2.24, 2.45) is 5.92 Å². The molecule has 0 spiro atoms. The van der Waals surface area contributed by atoms with Gasteiger partial charge in [-0.3, -0.25) is 9.88 Å². The first-order valence-electron chi connectivity index (χ1n) is 9.93. The van der Waals surface area contributed by atoms with Gasteiger partial charge in [-0.1, -0.05) is 19.3 Å². The van der Waals surface area contributed by atoms with Gasteiger partial charge in [0.15, 0.2) is 0 Å². The number of aromatic nitrogens is 1. The molecule has 2 atom stereocenters. The van der Waals surface area contributed by atoms with E-state index in [-0.39, 0.29) is 12.1 Å². The lowest BCUT2D eigenvalue weighted by Gasteiger charge is -2.26. The molecule has 1 aliphatic heterocycles. The molecule has 1 saturated carbocycles. The number of nitrogens with zero attached hydrogens (tertiary/aromatic N) is 3. The molecule has 6 heteroatoms. The minimum absolute atomic E-state index is 0.0106. The molecule has 1 aromatic rings. The molecular weight excluding hydrogens is 326 g/mol. The van der Waals surface area contributed by atoms with Crippen LogP contribution in [0.3, 0.4) is 0 Å². The van der Waals surface area contributed by atoms with Crippen LogP contribution in [0.25, 0.3) is 0 Å². The van der Waals surface area contributed by atoms with Crippen molar-refractivity contribution in [3.63, 3.8) is 0 Å². The van der Waals surface area contributed by atoms with Gasteiger partial charge in [0.05, 0.1) is 0 Å². The predicted molar refractivity (Wildman–Crippen MR) is 104 cm³/mol. The number of hydrogen-bond donors (Lipinski definition) is 2. The zero-order valence-corrected chi connectivity index (χ0v) is 16.2. The zero-order chi connectivity index (χ0) is 18.4. The number of carbonyl (C=O) groups is 1. The second-order valence-electron chi connectivity index (χ2n) is 8.13. The van der Waals surface area contributed by atoms with Crippen molar-refractivity contribution < 1.29 is 4.79 Å². The summed E-state index contributed by atoms with van der Waals surface area (Å²) in [6, 6.07) is 4.69. The Bertz CT molecular complexity index is 559. The van der Waals surface area contributed by atoms with E-state index >= 15 is 0 Å². The number of pyridine rings is 1. The lowest BCUT2D eigenvalue weighted by atomic mass is 9.96. The second kappa shape index (κ2) is 9.33. The Labute approximate surface area is 157 Å². The van der Waals surface area contributed by atoms with E-state index in [9.17, 15) is 4.79 Å². The number of urea groups is 1. The quantitative estimate of drug-likeness (QED) is 0.816. The molecule has 2 N–H and O–H groups in total. The van der Waals surface area contributed by atoms with Crippen molar-refractivity contribution in [1.82, 2.24) is 25.4 Å². The fourth-order valence-electron chi connectivity index (χ4n) is 4.30. The van der Waals surface area contributed by atoms with Crippen LogP contribution in [0.4, 0.5) is 4.79 Å². The Morgan fingerprint density at radius 1 is 1.15 bits per heavy atom. The maximum absolute atomic E-state index is 12.5. The summed E-state index contributed by atoms with van der Waals surface area (Å²) < 4.78 is 0. The number of hydrogen-bond acceptors (Lipinski definition) is 4. The molecule has 1 aromatic heterocycles. The smallest absolute Gasteiger partial charge is 0.315 e. The van der Waals surface area contributed by atoms with E-state index in [2.05, 4.69) is 51.6 Å². The summed E-state index contributed by atoms with van der Waals surface area (Å²) >= 11 is 0. The summed E-state index contributed by atoms with van der Waals surface area (Å²) in [5.41, 5.74) is 1.27. The van der Waals surface area contributed by atoms with Crippen LogP contribution >= 0.6 is 0 Å². The SMILES string of the molecule is CN(C)C[C@@H]1CN(Cc2ccncc2)C[C@H]1NC(=O)NC1CCCCC1. The maximum atomic E-state index is 12.5. The van der Waals surface area contributed by atoms with Crippen molar-refractivity contribution in [2.75, 3.05) is 33.7 Å². The fourth-order valence-corrected chi connectivity index (χ4v) is 4.30. The molecule has 0 bridgehead atoms. The van der Waals surface area contributed by atoms with Gasteiger partial charge in [-0.25, -0.2) is 4.79 Å². The third-order valence-corrected chi connectivity index (χ3v) is 5.53. The van der Waals surface area contributed by atoms with E-state index in [0.29, 0.717) is 12.0 Å². The van der Waals surface area contributed by atoms with Crippen LogP contribution in [0.15, 0.2) is 24.5 Å². The van der Waals surface area contributed by atoms with Crippen LogP contribution in [-0.2, 0) is 6.54 Å². The molecule has 1 aliphatic carbocycles. The molecular formula is C20H33N5O. The molecule has 0 aromatic carbocycles. The Balaban J connectivity index is 1.55. The van der Waals surface area contributed by atoms with Crippen LogP contribution in [-0.4, -0.2) is 66.6 Å². The van der Waals surface area contributed by atoms with Gasteiger partial charge in [-0.15, -0.1) is 0 Å². The Hall–Kier alpha value is -1.66. The van der Waals surface area contributed by atoms with Crippen LogP contribution in [0.5, 0.6) is 0 Å². The summed E-state index contributed by atoms with van der Waals surface area (Å²) in [6.45, 7) is 3.81. The van der Waals surface area contributed by atoms with E-state index in [1.165, 1.54) is 24.8 Å². The van der Waals surface area contributed by atoms with Crippen LogP contribution < -0.4 is 10.6 Å². The van der Waals surface area contributed by atoms with Gasteiger partial charge in [0.1, 0.15) is 0 Å². The highest BCUT2D eigenvalue weighted by molar-refractivity contribution is 5.74. The average molecular weight is 360 g/mol. The van der Waals surface area contributed by atoms with Crippen LogP contribution in [0.1, 0.15) is 37.7 Å². The molecule has 26 heavy (non-hydrogen) atoms. The Morgan fingerprint density at radius 3 is 2.58 bits per heavy atom. The monoisotopic (exact) mass is 359 g/mol. The number of nitrogens with one attached hydrogen (secondary N) is 2. The zero-order valence-electron chi connectivity index (χ0n) is 16.2. The molecule has 144 valence electrons. The van der Waals surface area contributed by atoms with Crippen molar-refractivity contribution >= 4 is 6.03 Å². The van der Waals surface area contributed by atoms with Gasteiger partial charge in [-0.2, -0.15) is 0 Å². The Morgan fingerprint density at radius 2 is 1.88 bits per heavy atom. The molecule has 2 amide bonds. The number of likely N-dealkylation sites (tertiary alicyclic amines) is 1. The number of rotatable bonds is 6. The van der Waals surface area contributed by atoms with Crippen molar-refractivity contribution in [1.29, 1.82) is 0 Å². The Kier molecular flexibility index (Phi) is 6.86. The van der Waals surface area contributed by atoms with Crippen molar-refractivity contribution in [2.45, 2.75) is 50.7 Å². The minimum Gasteiger partial charge on any atom is -0.335 e. The van der Waals surface area contributed by atoms with E-state index in [1.54, 1.807) is 0 Å². The van der Waals surface area contributed by atoms with Gasteiger partial charge < -0.3 is 15.5 Å².